The molecule has 1 atom stereocenters. The summed E-state index contributed by atoms with van der Waals surface area (Å²) in [7, 11) is 1.46. The van der Waals surface area contributed by atoms with Crippen LogP contribution < -0.4 is 9.47 Å². The summed E-state index contributed by atoms with van der Waals surface area (Å²) >= 11 is 0. The lowest BCUT2D eigenvalue weighted by Crippen LogP contribution is -2.15. The second-order valence-corrected chi connectivity index (χ2v) is 7.12. The molecule has 27 heavy (non-hydrogen) atoms. The van der Waals surface area contributed by atoms with E-state index in [0.717, 1.165) is 22.3 Å². The van der Waals surface area contributed by atoms with E-state index in [1.807, 2.05) is 32.9 Å². The summed E-state index contributed by atoms with van der Waals surface area (Å²) in [5.41, 5.74) is 5.13. The van der Waals surface area contributed by atoms with Crippen LogP contribution in [0.4, 0.5) is 0 Å². The second kappa shape index (κ2) is 7.06. The fraction of sp³-hybridized carbons (Fsp3) is 0.364. The zero-order chi connectivity index (χ0) is 19.9. The molecule has 0 aromatic heterocycles. The van der Waals surface area contributed by atoms with Crippen LogP contribution in [0.5, 0.6) is 11.5 Å². The molecule has 3 rings (SSSR count). The van der Waals surface area contributed by atoms with Crippen LogP contribution in [0.15, 0.2) is 18.2 Å². The van der Waals surface area contributed by atoms with E-state index in [1.165, 1.54) is 7.11 Å². The molecule has 0 aliphatic carbocycles. The SMILES string of the molecule is COc1c(C(C)C(=O)O)cc2c(c1C(=O)c1c(C)cc(C)cc1C)OCC2. The van der Waals surface area contributed by atoms with E-state index in [2.05, 4.69) is 0 Å². The molecule has 1 aliphatic rings. The first-order valence-corrected chi connectivity index (χ1v) is 8.98. The molecular formula is C22H24O5. The van der Waals surface area contributed by atoms with Crippen molar-refractivity contribution in [1.82, 2.24) is 0 Å². The van der Waals surface area contributed by atoms with Gasteiger partial charge in [-0.25, -0.2) is 0 Å². The average Bonchev–Trinajstić information content (AvgIpc) is 3.06. The zero-order valence-corrected chi connectivity index (χ0v) is 16.3. The fourth-order valence-corrected chi connectivity index (χ4v) is 3.88. The highest BCUT2D eigenvalue weighted by Gasteiger charge is 2.32. The molecule has 2 aromatic carbocycles. The van der Waals surface area contributed by atoms with Gasteiger partial charge in [0.25, 0.3) is 0 Å². The number of benzene rings is 2. The molecule has 0 saturated heterocycles. The van der Waals surface area contributed by atoms with Gasteiger partial charge in [-0.1, -0.05) is 17.7 Å². The number of carboxylic acid groups (broad SMARTS) is 1. The van der Waals surface area contributed by atoms with Gasteiger partial charge in [0.2, 0.25) is 5.78 Å². The highest BCUT2D eigenvalue weighted by molar-refractivity contribution is 6.15. The van der Waals surface area contributed by atoms with Gasteiger partial charge in [0.15, 0.2) is 0 Å². The lowest BCUT2D eigenvalue weighted by atomic mass is 9.87. The van der Waals surface area contributed by atoms with Crippen LogP contribution in [0.3, 0.4) is 0 Å². The first-order valence-electron chi connectivity index (χ1n) is 8.98. The Morgan fingerprint density at radius 3 is 2.30 bits per heavy atom. The molecule has 0 saturated carbocycles. The molecule has 0 spiro atoms. The normalized spacial score (nSPS) is 13.7. The van der Waals surface area contributed by atoms with Gasteiger partial charge in [-0.05, 0) is 50.5 Å². The number of ketones is 1. The lowest BCUT2D eigenvalue weighted by Gasteiger charge is -2.20. The molecule has 1 aliphatic heterocycles. The number of fused-ring (bicyclic) bond motifs is 1. The van der Waals surface area contributed by atoms with Crippen LogP contribution >= 0.6 is 0 Å². The van der Waals surface area contributed by atoms with Gasteiger partial charge in [0, 0.05) is 17.5 Å². The third-order valence-electron chi connectivity index (χ3n) is 5.13. The molecule has 0 fully saturated rings. The zero-order valence-electron chi connectivity index (χ0n) is 16.3. The monoisotopic (exact) mass is 368 g/mol. The van der Waals surface area contributed by atoms with Crippen LogP contribution in [-0.2, 0) is 11.2 Å². The van der Waals surface area contributed by atoms with Crippen LogP contribution in [0.25, 0.3) is 0 Å². The smallest absolute Gasteiger partial charge is 0.310 e. The van der Waals surface area contributed by atoms with Gasteiger partial charge in [-0.2, -0.15) is 0 Å². The average molecular weight is 368 g/mol. The van der Waals surface area contributed by atoms with Crippen molar-refractivity contribution in [3.8, 4) is 11.5 Å². The third kappa shape index (κ3) is 3.18. The number of carbonyl (C=O) groups excluding carboxylic acids is 1. The van der Waals surface area contributed by atoms with Gasteiger partial charge in [-0.15, -0.1) is 0 Å². The molecule has 1 unspecified atom stereocenters. The predicted molar refractivity (Wildman–Crippen MR) is 102 cm³/mol. The number of hydrogen-bond acceptors (Lipinski definition) is 4. The van der Waals surface area contributed by atoms with E-state index in [0.29, 0.717) is 35.5 Å². The number of ether oxygens (including phenoxy) is 2. The predicted octanol–water partition coefficient (Wildman–Crippen LogP) is 3.97. The number of carbonyl (C=O) groups is 2. The number of hydrogen-bond donors (Lipinski definition) is 1. The van der Waals surface area contributed by atoms with Gasteiger partial charge in [0.05, 0.1) is 19.6 Å². The van der Waals surface area contributed by atoms with E-state index in [9.17, 15) is 14.7 Å². The van der Waals surface area contributed by atoms with E-state index in [4.69, 9.17) is 9.47 Å². The Kier molecular flexibility index (Phi) is 4.96. The van der Waals surface area contributed by atoms with Crippen molar-refractivity contribution in [3.63, 3.8) is 0 Å². The maximum atomic E-state index is 13.6. The summed E-state index contributed by atoms with van der Waals surface area (Å²) in [5, 5.41) is 9.50. The minimum atomic E-state index is -0.965. The first-order chi connectivity index (χ1) is 12.8. The van der Waals surface area contributed by atoms with E-state index in [-0.39, 0.29) is 11.5 Å². The largest absolute Gasteiger partial charge is 0.496 e. The van der Waals surface area contributed by atoms with Crippen molar-refractivity contribution >= 4 is 11.8 Å². The second-order valence-electron chi connectivity index (χ2n) is 7.12. The van der Waals surface area contributed by atoms with E-state index in [1.54, 1.807) is 13.0 Å². The quantitative estimate of drug-likeness (QED) is 0.809. The molecule has 2 aromatic rings. The molecule has 5 heteroatoms. The fourth-order valence-electron chi connectivity index (χ4n) is 3.88. The number of carboxylic acids is 1. The summed E-state index contributed by atoms with van der Waals surface area (Å²) in [6.45, 7) is 7.87. The van der Waals surface area contributed by atoms with Crippen molar-refractivity contribution in [1.29, 1.82) is 0 Å². The molecule has 0 amide bonds. The van der Waals surface area contributed by atoms with Gasteiger partial charge >= 0.3 is 5.97 Å². The Labute approximate surface area is 158 Å². The Bertz CT molecular complexity index is 919. The Balaban J connectivity index is 2.29. The molecule has 1 heterocycles. The van der Waals surface area contributed by atoms with Crippen molar-refractivity contribution in [2.45, 2.75) is 40.0 Å². The van der Waals surface area contributed by atoms with Crippen molar-refractivity contribution in [2.24, 2.45) is 0 Å². The van der Waals surface area contributed by atoms with Crippen LogP contribution in [0.2, 0.25) is 0 Å². The topological polar surface area (TPSA) is 72.8 Å². The number of aryl methyl sites for hydroxylation is 3. The molecular weight excluding hydrogens is 344 g/mol. The van der Waals surface area contributed by atoms with Gasteiger partial charge < -0.3 is 14.6 Å². The van der Waals surface area contributed by atoms with Gasteiger partial charge in [-0.3, -0.25) is 9.59 Å². The highest BCUT2D eigenvalue weighted by Crippen LogP contribution is 2.43. The van der Waals surface area contributed by atoms with Gasteiger partial charge in [0.1, 0.15) is 17.1 Å². The highest BCUT2D eigenvalue weighted by atomic mass is 16.5. The Morgan fingerprint density at radius 2 is 1.74 bits per heavy atom. The summed E-state index contributed by atoms with van der Waals surface area (Å²) in [4.78, 5) is 25.2. The third-order valence-corrected chi connectivity index (χ3v) is 5.13. The molecule has 142 valence electrons. The first kappa shape index (κ1) is 19.0. The van der Waals surface area contributed by atoms with Crippen molar-refractivity contribution < 1.29 is 24.2 Å². The van der Waals surface area contributed by atoms with Crippen LogP contribution in [-0.4, -0.2) is 30.6 Å². The summed E-state index contributed by atoms with van der Waals surface area (Å²) in [5.74, 6) is -1.15. The lowest BCUT2D eigenvalue weighted by molar-refractivity contribution is -0.138. The molecule has 5 nitrogen and oxygen atoms in total. The Morgan fingerprint density at radius 1 is 1.11 bits per heavy atom. The number of methoxy groups -OCH3 is 1. The van der Waals surface area contributed by atoms with E-state index >= 15 is 0 Å². The minimum absolute atomic E-state index is 0.195. The summed E-state index contributed by atoms with van der Waals surface area (Å²) < 4.78 is 11.3. The van der Waals surface area contributed by atoms with Crippen LogP contribution in [0, 0.1) is 20.8 Å². The summed E-state index contributed by atoms with van der Waals surface area (Å²) in [6.07, 6.45) is 0.644. The van der Waals surface area contributed by atoms with Crippen molar-refractivity contribution in [3.05, 3.63) is 57.1 Å². The molecule has 0 radical (unpaired) electrons. The summed E-state index contributed by atoms with van der Waals surface area (Å²) in [6, 6.07) is 5.74. The number of aliphatic carboxylic acids is 1. The maximum absolute atomic E-state index is 13.6. The Hall–Kier alpha value is -2.82. The number of rotatable bonds is 5. The van der Waals surface area contributed by atoms with E-state index < -0.39 is 11.9 Å². The molecule has 0 bridgehead atoms. The minimum Gasteiger partial charge on any atom is -0.496 e. The maximum Gasteiger partial charge on any atom is 0.310 e. The van der Waals surface area contributed by atoms with Crippen molar-refractivity contribution in [2.75, 3.05) is 13.7 Å². The standard InChI is InChI=1S/C22H24O5/c1-11-8-12(2)17(13(3)9-11)19(23)18-20-15(6-7-27-20)10-16(21(18)26-5)14(4)22(24)25/h8-10,14H,6-7H2,1-5H3,(H,24,25). The van der Waals surface area contributed by atoms with Crippen LogP contribution in [0.1, 0.15) is 56.6 Å². The molecule has 1 N–H and O–H groups in total.